The summed E-state index contributed by atoms with van der Waals surface area (Å²) in [6.07, 6.45) is 6.44. The van der Waals surface area contributed by atoms with E-state index in [1.54, 1.807) is 26.0 Å². The average Bonchev–Trinajstić information content (AvgIpc) is 2.16. The molecule has 4 heteroatoms. The molecule has 0 heterocycles. The molecule has 1 aromatic rings. The summed E-state index contributed by atoms with van der Waals surface area (Å²) in [4.78, 5) is 0.262. The van der Waals surface area contributed by atoms with Crippen LogP contribution in [0.4, 0.5) is 0 Å². The zero-order valence-corrected chi connectivity index (χ0v) is 10.3. The van der Waals surface area contributed by atoms with Gasteiger partial charge in [-0.1, -0.05) is 5.92 Å². The van der Waals surface area contributed by atoms with Gasteiger partial charge < -0.3 is 4.74 Å². The maximum absolute atomic E-state index is 11.2. The van der Waals surface area contributed by atoms with Gasteiger partial charge in [0.2, 0.25) is 0 Å². The third-order valence-electron chi connectivity index (χ3n) is 1.97. The van der Waals surface area contributed by atoms with Crippen LogP contribution in [-0.4, -0.2) is 20.3 Å². The molecule has 0 N–H and O–H groups in total. The quantitative estimate of drug-likeness (QED) is 0.755. The predicted octanol–water partition coefficient (Wildman–Crippen LogP) is 1.88. The van der Waals surface area contributed by atoms with Crippen LogP contribution in [0, 0.1) is 12.3 Å². The Morgan fingerprint density at radius 3 is 2.12 bits per heavy atom. The van der Waals surface area contributed by atoms with Gasteiger partial charge in [-0.3, -0.25) is 0 Å². The first-order valence-electron chi connectivity index (χ1n) is 4.71. The lowest BCUT2D eigenvalue weighted by atomic mass is 10.1. The maximum atomic E-state index is 11.2. The molecule has 0 aromatic heterocycles. The first-order chi connectivity index (χ1) is 7.24. The van der Waals surface area contributed by atoms with E-state index >= 15 is 0 Å². The van der Waals surface area contributed by atoms with Crippen molar-refractivity contribution in [1.29, 1.82) is 0 Å². The van der Waals surface area contributed by atoms with Crippen molar-refractivity contribution in [2.45, 2.75) is 24.3 Å². The van der Waals surface area contributed by atoms with E-state index < -0.39 is 15.4 Å². The van der Waals surface area contributed by atoms with Gasteiger partial charge in [0.05, 0.1) is 4.90 Å². The Morgan fingerprint density at radius 2 is 1.75 bits per heavy atom. The predicted molar refractivity (Wildman–Crippen MR) is 63.1 cm³/mol. The summed E-state index contributed by atoms with van der Waals surface area (Å²) in [6.45, 7) is 3.52. The van der Waals surface area contributed by atoms with E-state index in [0.717, 1.165) is 6.26 Å². The maximum Gasteiger partial charge on any atom is 0.175 e. The Balaban J connectivity index is 2.94. The molecule has 0 aliphatic rings. The molecule has 0 atom stereocenters. The van der Waals surface area contributed by atoms with Crippen molar-refractivity contribution in [3.8, 4) is 18.1 Å². The van der Waals surface area contributed by atoms with Crippen LogP contribution in [-0.2, 0) is 9.84 Å². The molecular formula is C12H14O3S. The lowest BCUT2D eigenvalue weighted by molar-refractivity contribution is 0.172. The van der Waals surface area contributed by atoms with Crippen LogP contribution in [0.25, 0.3) is 0 Å². The standard InChI is InChI=1S/C12H14O3S/c1-5-12(2,3)15-10-6-8-11(9-7-10)16(4,13)14/h1,6-9H,2-4H3. The normalized spacial score (nSPS) is 11.9. The smallest absolute Gasteiger partial charge is 0.175 e. The minimum absolute atomic E-state index is 0.262. The zero-order chi connectivity index (χ0) is 12.4. The van der Waals surface area contributed by atoms with E-state index in [2.05, 4.69) is 5.92 Å². The van der Waals surface area contributed by atoms with Crippen molar-refractivity contribution < 1.29 is 13.2 Å². The van der Waals surface area contributed by atoms with E-state index in [1.165, 1.54) is 12.1 Å². The van der Waals surface area contributed by atoms with Gasteiger partial charge in [-0.2, -0.15) is 0 Å². The van der Waals surface area contributed by atoms with E-state index in [1.807, 2.05) is 0 Å². The highest BCUT2D eigenvalue weighted by Crippen LogP contribution is 2.20. The molecule has 0 aliphatic carbocycles. The van der Waals surface area contributed by atoms with Crippen LogP contribution in [0.5, 0.6) is 5.75 Å². The molecule has 0 radical (unpaired) electrons. The number of hydrogen-bond donors (Lipinski definition) is 0. The van der Waals surface area contributed by atoms with E-state index in [9.17, 15) is 8.42 Å². The molecule has 1 rings (SSSR count). The van der Waals surface area contributed by atoms with Crippen molar-refractivity contribution in [3.05, 3.63) is 24.3 Å². The van der Waals surface area contributed by atoms with Gasteiger partial charge in [-0.25, -0.2) is 8.42 Å². The number of sulfone groups is 1. The Hall–Kier alpha value is -1.47. The lowest BCUT2D eigenvalue weighted by Crippen LogP contribution is -2.25. The van der Waals surface area contributed by atoms with E-state index in [0.29, 0.717) is 5.75 Å². The van der Waals surface area contributed by atoms with Crippen LogP contribution in [0.15, 0.2) is 29.2 Å². The molecule has 1 aromatic carbocycles. The second-order valence-electron chi connectivity index (χ2n) is 4.00. The summed E-state index contributed by atoms with van der Waals surface area (Å²) < 4.78 is 27.9. The van der Waals surface area contributed by atoms with Crippen LogP contribution in [0.3, 0.4) is 0 Å². The number of terminal acetylenes is 1. The summed E-state index contributed by atoms with van der Waals surface area (Å²) in [5.74, 6) is 3.05. The molecule has 0 saturated carbocycles. The summed E-state index contributed by atoms with van der Waals surface area (Å²) in [6, 6.07) is 6.18. The molecule has 0 unspecified atom stereocenters. The molecule has 0 saturated heterocycles. The number of ether oxygens (including phenoxy) is 1. The van der Waals surface area contributed by atoms with Crippen molar-refractivity contribution in [3.63, 3.8) is 0 Å². The average molecular weight is 238 g/mol. The van der Waals surface area contributed by atoms with Crippen molar-refractivity contribution in [1.82, 2.24) is 0 Å². The van der Waals surface area contributed by atoms with E-state index in [4.69, 9.17) is 11.2 Å². The molecule has 0 spiro atoms. The van der Waals surface area contributed by atoms with Gasteiger partial charge in [0, 0.05) is 6.26 Å². The summed E-state index contributed by atoms with van der Waals surface area (Å²) in [5, 5.41) is 0. The van der Waals surface area contributed by atoms with Gasteiger partial charge in [0.25, 0.3) is 0 Å². The second-order valence-corrected chi connectivity index (χ2v) is 6.02. The van der Waals surface area contributed by atoms with Crippen LogP contribution in [0.2, 0.25) is 0 Å². The third-order valence-corrected chi connectivity index (χ3v) is 3.10. The van der Waals surface area contributed by atoms with Crippen LogP contribution < -0.4 is 4.74 Å². The molecule has 0 aliphatic heterocycles. The number of benzene rings is 1. The number of rotatable bonds is 3. The third kappa shape index (κ3) is 3.28. The molecular weight excluding hydrogens is 224 g/mol. The van der Waals surface area contributed by atoms with Gasteiger partial charge in [0.15, 0.2) is 15.4 Å². The summed E-state index contributed by atoms with van der Waals surface area (Å²) in [7, 11) is -3.16. The fraction of sp³-hybridized carbons (Fsp3) is 0.333. The van der Waals surface area contributed by atoms with Gasteiger partial charge in [-0.15, -0.1) is 6.42 Å². The van der Waals surface area contributed by atoms with Crippen LogP contribution in [0.1, 0.15) is 13.8 Å². The van der Waals surface area contributed by atoms with Gasteiger partial charge in [-0.05, 0) is 38.1 Å². The summed E-state index contributed by atoms with van der Waals surface area (Å²) in [5.41, 5.74) is -0.702. The molecule has 0 amide bonds. The molecule has 3 nitrogen and oxygen atoms in total. The largest absolute Gasteiger partial charge is 0.475 e. The summed E-state index contributed by atoms with van der Waals surface area (Å²) >= 11 is 0. The first-order valence-corrected chi connectivity index (χ1v) is 6.61. The minimum atomic E-state index is -3.16. The highest BCUT2D eigenvalue weighted by Gasteiger charge is 2.15. The zero-order valence-electron chi connectivity index (χ0n) is 9.52. The molecule has 0 fully saturated rings. The Kier molecular flexibility index (Phi) is 3.30. The SMILES string of the molecule is C#CC(C)(C)Oc1ccc(S(C)(=O)=O)cc1. The van der Waals surface area contributed by atoms with Crippen molar-refractivity contribution in [2.75, 3.05) is 6.26 Å². The monoisotopic (exact) mass is 238 g/mol. The molecule has 86 valence electrons. The highest BCUT2D eigenvalue weighted by atomic mass is 32.2. The Morgan fingerprint density at radius 1 is 1.25 bits per heavy atom. The van der Waals surface area contributed by atoms with Crippen molar-refractivity contribution >= 4 is 9.84 Å². The van der Waals surface area contributed by atoms with Crippen LogP contribution >= 0.6 is 0 Å². The first kappa shape index (κ1) is 12.6. The molecule has 16 heavy (non-hydrogen) atoms. The fourth-order valence-electron chi connectivity index (χ4n) is 1.08. The molecule has 0 bridgehead atoms. The fourth-order valence-corrected chi connectivity index (χ4v) is 1.71. The number of hydrogen-bond acceptors (Lipinski definition) is 3. The topological polar surface area (TPSA) is 43.4 Å². The van der Waals surface area contributed by atoms with Gasteiger partial charge >= 0.3 is 0 Å². The lowest BCUT2D eigenvalue weighted by Gasteiger charge is -2.20. The van der Waals surface area contributed by atoms with Crippen molar-refractivity contribution in [2.24, 2.45) is 0 Å². The highest BCUT2D eigenvalue weighted by molar-refractivity contribution is 7.90. The minimum Gasteiger partial charge on any atom is -0.475 e. The van der Waals surface area contributed by atoms with E-state index in [-0.39, 0.29) is 4.90 Å². The van der Waals surface area contributed by atoms with Gasteiger partial charge in [0.1, 0.15) is 5.75 Å². The Bertz CT molecular complexity index is 504. The second kappa shape index (κ2) is 4.18. The Labute approximate surface area is 96.4 Å².